The summed E-state index contributed by atoms with van der Waals surface area (Å²) in [4.78, 5) is 18.0. The van der Waals surface area contributed by atoms with E-state index in [-0.39, 0.29) is 5.91 Å². The van der Waals surface area contributed by atoms with Crippen molar-refractivity contribution < 1.29 is 4.79 Å². The molecule has 1 aromatic heterocycles. The number of aromatic nitrogens is 1. The summed E-state index contributed by atoms with van der Waals surface area (Å²) in [6.45, 7) is 1.73. The van der Waals surface area contributed by atoms with E-state index in [0.29, 0.717) is 5.56 Å². The highest BCUT2D eigenvalue weighted by Crippen LogP contribution is 2.20. The molecule has 0 bridgehead atoms. The minimum Gasteiger partial charge on any atom is -0.339 e. The van der Waals surface area contributed by atoms with Crippen LogP contribution < -0.4 is 0 Å². The smallest absolute Gasteiger partial charge is 0.255 e. The first-order valence-electron chi connectivity index (χ1n) is 5.56. The average molecular weight is 283 g/mol. The van der Waals surface area contributed by atoms with E-state index in [9.17, 15) is 4.79 Å². The van der Waals surface area contributed by atoms with Crippen molar-refractivity contribution in [3.05, 3.63) is 30.1 Å². The minimum absolute atomic E-state index is 0.112. The number of pyridine rings is 1. The first-order chi connectivity index (χ1) is 7.81. The molecule has 1 saturated heterocycles. The molecule has 3 nitrogen and oxygen atoms in total. The lowest BCUT2D eigenvalue weighted by Crippen LogP contribution is -2.38. The van der Waals surface area contributed by atoms with Crippen LogP contribution in [0.4, 0.5) is 0 Å². The molecule has 86 valence electrons. The van der Waals surface area contributed by atoms with Crippen molar-refractivity contribution in [3.63, 3.8) is 0 Å². The number of hydrogen-bond donors (Lipinski definition) is 0. The topological polar surface area (TPSA) is 33.2 Å². The fourth-order valence-corrected chi connectivity index (χ4v) is 2.61. The molecular formula is C12H15BrN2O. The monoisotopic (exact) mass is 282 g/mol. The summed E-state index contributed by atoms with van der Waals surface area (Å²) in [6.07, 6.45) is 5.52. The second-order valence-electron chi connectivity index (χ2n) is 4.13. The zero-order chi connectivity index (χ0) is 11.4. The number of piperidine rings is 1. The summed E-state index contributed by atoms with van der Waals surface area (Å²) in [6, 6.07) is 3.63. The number of amides is 1. The van der Waals surface area contributed by atoms with Gasteiger partial charge in [0.1, 0.15) is 0 Å². The summed E-state index contributed by atoms with van der Waals surface area (Å²) >= 11 is 3.50. The van der Waals surface area contributed by atoms with Crippen molar-refractivity contribution in [1.82, 2.24) is 9.88 Å². The van der Waals surface area contributed by atoms with Gasteiger partial charge >= 0.3 is 0 Å². The van der Waals surface area contributed by atoms with E-state index in [1.165, 1.54) is 0 Å². The molecule has 0 radical (unpaired) electrons. The van der Waals surface area contributed by atoms with Crippen LogP contribution in [-0.4, -0.2) is 34.2 Å². The zero-order valence-corrected chi connectivity index (χ0v) is 10.7. The third kappa shape index (κ3) is 2.61. The highest BCUT2D eigenvalue weighted by molar-refractivity contribution is 9.09. The van der Waals surface area contributed by atoms with Gasteiger partial charge in [-0.1, -0.05) is 15.9 Å². The molecule has 1 aliphatic rings. The van der Waals surface area contributed by atoms with Crippen LogP contribution in [0.3, 0.4) is 0 Å². The Kier molecular flexibility index (Phi) is 3.93. The van der Waals surface area contributed by atoms with Gasteiger partial charge in [0.15, 0.2) is 0 Å². The molecule has 1 amide bonds. The maximum Gasteiger partial charge on any atom is 0.255 e. The van der Waals surface area contributed by atoms with Crippen LogP contribution in [0, 0.1) is 5.92 Å². The molecule has 0 spiro atoms. The van der Waals surface area contributed by atoms with Crippen LogP contribution in [-0.2, 0) is 0 Å². The highest BCUT2D eigenvalue weighted by Gasteiger charge is 2.22. The highest BCUT2D eigenvalue weighted by atomic mass is 79.9. The van der Waals surface area contributed by atoms with E-state index in [1.807, 2.05) is 11.0 Å². The van der Waals surface area contributed by atoms with Gasteiger partial charge in [-0.2, -0.15) is 0 Å². The van der Waals surface area contributed by atoms with Gasteiger partial charge in [0.2, 0.25) is 0 Å². The molecule has 0 unspecified atom stereocenters. The van der Waals surface area contributed by atoms with E-state index < -0.39 is 0 Å². The normalized spacial score (nSPS) is 17.4. The summed E-state index contributed by atoms with van der Waals surface area (Å²) in [5.74, 6) is 0.832. The van der Waals surface area contributed by atoms with Crippen LogP contribution in [0.5, 0.6) is 0 Å². The Balaban J connectivity index is 1.97. The number of likely N-dealkylation sites (tertiary alicyclic amines) is 1. The Hall–Kier alpha value is -0.900. The Labute approximate surface area is 104 Å². The van der Waals surface area contributed by atoms with E-state index in [1.54, 1.807) is 18.5 Å². The molecule has 1 aromatic rings. The second-order valence-corrected chi connectivity index (χ2v) is 4.78. The van der Waals surface area contributed by atoms with Crippen LogP contribution in [0.2, 0.25) is 0 Å². The molecule has 2 heterocycles. The fourth-order valence-electron chi connectivity index (χ4n) is 1.96. The molecular weight excluding hydrogens is 268 g/mol. The van der Waals surface area contributed by atoms with Crippen LogP contribution in [0.15, 0.2) is 24.5 Å². The number of alkyl halides is 1. The Morgan fingerprint density at radius 1 is 1.50 bits per heavy atom. The summed E-state index contributed by atoms with van der Waals surface area (Å²) in [5.41, 5.74) is 0.694. The average Bonchev–Trinajstić information content (AvgIpc) is 2.39. The maximum absolute atomic E-state index is 12.1. The van der Waals surface area contributed by atoms with E-state index in [0.717, 1.165) is 37.2 Å². The second kappa shape index (κ2) is 5.43. The summed E-state index contributed by atoms with van der Waals surface area (Å²) in [5, 5.41) is 1.04. The van der Waals surface area contributed by atoms with Gasteiger partial charge in [0.05, 0.1) is 5.56 Å². The molecule has 4 heteroatoms. The molecule has 16 heavy (non-hydrogen) atoms. The largest absolute Gasteiger partial charge is 0.339 e. The lowest BCUT2D eigenvalue weighted by atomic mass is 9.99. The number of carbonyl (C=O) groups is 1. The molecule has 0 aliphatic carbocycles. The van der Waals surface area contributed by atoms with Crippen molar-refractivity contribution in [2.45, 2.75) is 12.8 Å². The van der Waals surface area contributed by atoms with E-state index in [2.05, 4.69) is 20.9 Å². The Morgan fingerprint density at radius 3 is 2.81 bits per heavy atom. The number of rotatable bonds is 2. The molecule has 0 atom stereocenters. The lowest BCUT2D eigenvalue weighted by Gasteiger charge is -2.31. The molecule has 0 N–H and O–H groups in total. The molecule has 0 saturated carbocycles. The predicted molar refractivity (Wildman–Crippen MR) is 66.7 cm³/mol. The number of carbonyl (C=O) groups excluding carboxylic acids is 1. The van der Waals surface area contributed by atoms with E-state index >= 15 is 0 Å². The van der Waals surface area contributed by atoms with Crippen molar-refractivity contribution in [3.8, 4) is 0 Å². The van der Waals surface area contributed by atoms with Gasteiger partial charge in [-0.05, 0) is 30.9 Å². The zero-order valence-electron chi connectivity index (χ0n) is 9.10. The van der Waals surface area contributed by atoms with Gasteiger partial charge in [-0.15, -0.1) is 0 Å². The van der Waals surface area contributed by atoms with Crippen molar-refractivity contribution in [1.29, 1.82) is 0 Å². The van der Waals surface area contributed by atoms with Crippen molar-refractivity contribution >= 4 is 21.8 Å². The van der Waals surface area contributed by atoms with Crippen LogP contribution >= 0.6 is 15.9 Å². The number of hydrogen-bond acceptors (Lipinski definition) is 2. The summed E-state index contributed by atoms with van der Waals surface area (Å²) in [7, 11) is 0. The number of nitrogens with zero attached hydrogens (tertiary/aromatic N) is 2. The van der Waals surface area contributed by atoms with Crippen molar-refractivity contribution in [2.24, 2.45) is 5.92 Å². The molecule has 2 rings (SSSR count). The Bertz CT molecular complexity index is 347. The lowest BCUT2D eigenvalue weighted by molar-refractivity contribution is 0.0698. The van der Waals surface area contributed by atoms with Crippen molar-refractivity contribution in [2.75, 3.05) is 18.4 Å². The van der Waals surface area contributed by atoms with Gasteiger partial charge in [0, 0.05) is 30.8 Å². The van der Waals surface area contributed by atoms with Crippen LogP contribution in [0.1, 0.15) is 23.2 Å². The van der Waals surface area contributed by atoms with Gasteiger partial charge < -0.3 is 4.90 Å². The fraction of sp³-hybridized carbons (Fsp3) is 0.500. The van der Waals surface area contributed by atoms with Gasteiger partial charge in [-0.25, -0.2) is 0 Å². The van der Waals surface area contributed by atoms with Crippen LogP contribution in [0.25, 0.3) is 0 Å². The standard InChI is InChI=1S/C12H15BrN2O/c13-8-10-3-6-15(7-4-10)12(16)11-2-1-5-14-9-11/h1-2,5,9-10H,3-4,6-8H2. The van der Waals surface area contributed by atoms with E-state index in [4.69, 9.17) is 0 Å². The quantitative estimate of drug-likeness (QED) is 0.780. The Morgan fingerprint density at radius 2 is 2.25 bits per heavy atom. The van der Waals surface area contributed by atoms with Gasteiger partial charge in [0.25, 0.3) is 5.91 Å². The number of halogens is 1. The maximum atomic E-state index is 12.1. The summed E-state index contributed by atoms with van der Waals surface area (Å²) < 4.78 is 0. The minimum atomic E-state index is 0.112. The molecule has 1 aliphatic heterocycles. The first kappa shape index (κ1) is 11.6. The van der Waals surface area contributed by atoms with Gasteiger partial charge in [-0.3, -0.25) is 9.78 Å². The third-order valence-electron chi connectivity index (χ3n) is 3.03. The third-order valence-corrected chi connectivity index (χ3v) is 3.94. The molecule has 0 aromatic carbocycles. The predicted octanol–water partition coefficient (Wildman–Crippen LogP) is 2.33. The SMILES string of the molecule is O=C(c1cccnc1)N1CCC(CBr)CC1. The molecule has 1 fully saturated rings. The first-order valence-corrected chi connectivity index (χ1v) is 6.68.